The smallest absolute Gasteiger partial charge is 0.313 e. The van der Waals surface area contributed by atoms with Crippen LogP contribution in [0.5, 0.6) is 11.5 Å². The predicted octanol–water partition coefficient (Wildman–Crippen LogP) is 2.90. The Bertz CT molecular complexity index is 394. The molecule has 0 aliphatic rings. The Balaban J connectivity index is 2.95. The summed E-state index contributed by atoms with van der Waals surface area (Å²) < 4.78 is 10.3. The summed E-state index contributed by atoms with van der Waals surface area (Å²) in [4.78, 5) is 11.4. The lowest BCUT2D eigenvalue weighted by Crippen LogP contribution is -2.15. The van der Waals surface area contributed by atoms with Crippen LogP contribution in [0.15, 0.2) is 24.8 Å². The second-order valence-corrected chi connectivity index (χ2v) is 3.69. The molecule has 0 bridgehead atoms. The van der Waals surface area contributed by atoms with Crippen molar-refractivity contribution in [2.24, 2.45) is 5.92 Å². The lowest BCUT2D eigenvalue weighted by molar-refractivity contribution is -0.137. The Morgan fingerprint density at radius 1 is 1.38 bits per heavy atom. The molecule has 1 aromatic carbocycles. The molecule has 0 saturated carbocycles. The van der Waals surface area contributed by atoms with Gasteiger partial charge in [0.25, 0.3) is 0 Å². The van der Waals surface area contributed by atoms with Gasteiger partial charge in [-0.2, -0.15) is 0 Å². The van der Waals surface area contributed by atoms with Crippen molar-refractivity contribution < 1.29 is 14.3 Å². The zero-order chi connectivity index (χ0) is 12.1. The number of carbonyl (C=O) groups is 1. The van der Waals surface area contributed by atoms with Crippen LogP contribution in [0.4, 0.5) is 0 Å². The minimum atomic E-state index is -0.273. The van der Waals surface area contributed by atoms with Gasteiger partial charge in [0.15, 0.2) is 11.5 Å². The van der Waals surface area contributed by atoms with Gasteiger partial charge in [0.2, 0.25) is 0 Å². The van der Waals surface area contributed by atoms with Gasteiger partial charge in [0, 0.05) is 0 Å². The molecule has 16 heavy (non-hydrogen) atoms. The van der Waals surface area contributed by atoms with Crippen LogP contribution >= 0.6 is 0 Å². The number of hydrogen-bond donors (Lipinski definition) is 0. The number of carbonyl (C=O) groups excluding carboxylic acids is 1. The van der Waals surface area contributed by atoms with Gasteiger partial charge in [-0.15, -0.1) is 0 Å². The fraction of sp³-hybridized carbons (Fsp3) is 0.308. The van der Waals surface area contributed by atoms with Gasteiger partial charge in [-0.3, -0.25) is 4.79 Å². The van der Waals surface area contributed by atoms with Crippen LogP contribution in [0.1, 0.15) is 19.4 Å². The molecule has 0 atom stereocenters. The summed E-state index contributed by atoms with van der Waals surface area (Å²) >= 11 is 0. The van der Waals surface area contributed by atoms with E-state index in [1.807, 2.05) is 6.07 Å². The SMILES string of the molecule is C=Cc1ccc(OC(=O)C(C)C)c(OC)c1. The number of rotatable bonds is 4. The van der Waals surface area contributed by atoms with E-state index in [4.69, 9.17) is 9.47 Å². The monoisotopic (exact) mass is 220 g/mol. The summed E-state index contributed by atoms with van der Waals surface area (Å²) in [6, 6.07) is 5.30. The molecule has 3 nitrogen and oxygen atoms in total. The summed E-state index contributed by atoms with van der Waals surface area (Å²) in [6.07, 6.45) is 1.70. The van der Waals surface area contributed by atoms with Gasteiger partial charge in [0.1, 0.15) is 0 Å². The Hall–Kier alpha value is -1.77. The van der Waals surface area contributed by atoms with Crippen molar-refractivity contribution in [2.45, 2.75) is 13.8 Å². The van der Waals surface area contributed by atoms with E-state index < -0.39 is 0 Å². The normalized spacial score (nSPS) is 10.0. The Labute approximate surface area is 95.7 Å². The van der Waals surface area contributed by atoms with Crippen LogP contribution < -0.4 is 9.47 Å². The Kier molecular flexibility index (Phi) is 4.11. The van der Waals surface area contributed by atoms with E-state index in [1.165, 1.54) is 7.11 Å². The number of esters is 1. The molecule has 0 heterocycles. The Morgan fingerprint density at radius 2 is 2.06 bits per heavy atom. The first kappa shape index (κ1) is 12.3. The minimum Gasteiger partial charge on any atom is -0.493 e. The molecule has 0 radical (unpaired) electrons. The van der Waals surface area contributed by atoms with Crippen molar-refractivity contribution >= 4 is 12.0 Å². The van der Waals surface area contributed by atoms with Crippen LogP contribution in [-0.4, -0.2) is 13.1 Å². The van der Waals surface area contributed by atoms with Crippen LogP contribution in [0.3, 0.4) is 0 Å². The summed E-state index contributed by atoms with van der Waals surface area (Å²) in [5.41, 5.74) is 0.918. The Morgan fingerprint density at radius 3 is 2.56 bits per heavy atom. The predicted molar refractivity (Wildman–Crippen MR) is 63.6 cm³/mol. The van der Waals surface area contributed by atoms with Gasteiger partial charge in [-0.05, 0) is 17.7 Å². The van der Waals surface area contributed by atoms with E-state index in [2.05, 4.69) is 6.58 Å². The fourth-order valence-corrected chi connectivity index (χ4v) is 1.12. The molecule has 0 saturated heterocycles. The van der Waals surface area contributed by atoms with E-state index in [9.17, 15) is 4.79 Å². The van der Waals surface area contributed by atoms with Crippen LogP contribution in [0, 0.1) is 5.92 Å². The number of hydrogen-bond acceptors (Lipinski definition) is 3. The first-order valence-corrected chi connectivity index (χ1v) is 5.10. The number of ether oxygens (including phenoxy) is 2. The quantitative estimate of drug-likeness (QED) is 0.578. The van der Waals surface area contributed by atoms with Crippen LogP contribution in [0.2, 0.25) is 0 Å². The maximum Gasteiger partial charge on any atom is 0.313 e. The topological polar surface area (TPSA) is 35.5 Å². The highest BCUT2D eigenvalue weighted by Gasteiger charge is 2.13. The summed E-state index contributed by atoms with van der Waals surface area (Å²) in [5, 5.41) is 0. The standard InChI is InChI=1S/C13H16O3/c1-5-10-6-7-11(12(8-10)15-4)16-13(14)9(2)3/h5-9H,1H2,2-4H3. The van der Waals surface area contributed by atoms with Gasteiger partial charge in [-0.25, -0.2) is 0 Å². The van der Waals surface area contributed by atoms with Crippen molar-refractivity contribution in [3.05, 3.63) is 30.3 Å². The molecular weight excluding hydrogens is 204 g/mol. The summed E-state index contributed by atoms with van der Waals surface area (Å²) in [6.45, 7) is 7.23. The average molecular weight is 220 g/mol. The second-order valence-electron chi connectivity index (χ2n) is 3.69. The molecule has 0 aliphatic carbocycles. The van der Waals surface area contributed by atoms with Crippen molar-refractivity contribution in [1.29, 1.82) is 0 Å². The highest BCUT2D eigenvalue weighted by molar-refractivity contribution is 5.75. The lowest BCUT2D eigenvalue weighted by Gasteiger charge is -2.11. The largest absolute Gasteiger partial charge is 0.493 e. The molecule has 3 heteroatoms. The van der Waals surface area contributed by atoms with E-state index >= 15 is 0 Å². The minimum absolute atomic E-state index is 0.163. The molecular formula is C13H16O3. The lowest BCUT2D eigenvalue weighted by atomic mass is 10.2. The molecule has 1 rings (SSSR count). The number of methoxy groups -OCH3 is 1. The maximum atomic E-state index is 11.4. The van der Waals surface area contributed by atoms with Crippen LogP contribution in [-0.2, 0) is 4.79 Å². The summed E-state index contributed by atoms with van der Waals surface area (Å²) in [7, 11) is 1.54. The van der Waals surface area contributed by atoms with E-state index in [0.29, 0.717) is 11.5 Å². The molecule has 0 amide bonds. The third-order valence-corrected chi connectivity index (χ3v) is 2.11. The van der Waals surface area contributed by atoms with Gasteiger partial charge < -0.3 is 9.47 Å². The van der Waals surface area contributed by atoms with E-state index in [1.54, 1.807) is 32.1 Å². The van der Waals surface area contributed by atoms with Crippen molar-refractivity contribution in [1.82, 2.24) is 0 Å². The highest BCUT2D eigenvalue weighted by Crippen LogP contribution is 2.29. The van der Waals surface area contributed by atoms with Gasteiger partial charge in [0.05, 0.1) is 13.0 Å². The fourth-order valence-electron chi connectivity index (χ4n) is 1.12. The van der Waals surface area contributed by atoms with Gasteiger partial charge in [-0.1, -0.05) is 32.6 Å². The molecule has 86 valence electrons. The van der Waals surface area contributed by atoms with Crippen molar-refractivity contribution in [2.75, 3.05) is 7.11 Å². The molecule has 1 aromatic rings. The third-order valence-electron chi connectivity index (χ3n) is 2.11. The summed E-state index contributed by atoms with van der Waals surface area (Å²) in [5.74, 6) is 0.534. The van der Waals surface area contributed by atoms with Gasteiger partial charge >= 0.3 is 5.97 Å². The van der Waals surface area contributed by atoms with Crippen molar-refractivity contribution in [3.8, 4) is 11.5 Å². The maximum absolute atomic E-state index is 11.4. The zero-order valence-corrected chi connectivity index (χ0v) is 9.82. The van der Waals surface area contributed by atoms with Crippen LogP contribution in [0.25, 0.3) is 6.08 Å². The van der Waals surface area contributed by atoms with E-state index in [-0.39, 0.29) is 11.9 Å². The zero-order valence-electron chi connectivity index (χ0n) is 9.82. The average Bonchev–Trinajstić information content (AvgIpc) is 2.29. The first-order chi connectivity index (χ1) is 7.58. The molecule has 0 aliphatic heterocycles. The third kappa shape index (κ3) is 2.86. The van der Waals surface area contributed by atoms with Crippen molar-refractivity contribution in [3.63, 3.8) is 0 Å². The molecule has 0 N–H and O–H groups in total. The number of benzene rings is 1. The first-order valence-electron chi connectivity index (χ1n) is 5.10. The molecule has 0 fully saturated rings. The molecule has 0 aromatic heterocycles. The molecule has 0 unspecified atom stereocenters. The highest BCUT2D eigenvalue weighted by atomic mass is 16.6. The van der Waals surface area contributed by atoms with E-state index in [0.717, 1.165) is 5.56 Å². The molecule has 0 spiro atoms. The second kappa shape index (κ2) is 5.35.